The molecule has 2 aliphatic heterocycles. The second kappa shape index (κ2) is 15.6. The van der Waals surface area contributed by atoms with Crippen molar-refractivity contribution < 1.29 is 55.3 Å². The number of ether oxygens (including phenoxy) is 2. The molecule has 4 aliphatic rings. The van der Waals surface area contributed by atoms with Crippen molar-refractivity contribution in [3.05, 3.63) is 36.4 Å². The molecule has 1 aromatic carbocycles. The highest BCUT2D eigenvalue weighted by atomic mass is 32.2. The van der Waals surface area contributed by atoms with Crippen LogP contribution in [0, 0.1) is 17.8 Å². The van der Waals surface area contributed by atoms with E-state index in [1.54, 1.807) is 43.3 Å². The van der Waals surface area contributed by atoms with Crippen molar-refractivity contribution in [2.45, 2.75) is 120 Å². The first-order chi connectivity index (χ1) is 26.7. The van der Waals surface area contributed by atoms with Crippen LogP contribution in [0.1, 0.15) is 79.6 Å². The Labute approximate surface area is 328 Å². The number of sulfonamides is 1. The smallest absolute Gasteiger partial charge is 0.411 e. The number of benzene rings is 1. The van der Waals surface area contributed by atoms with Crippen LogP contribution >= 0.6 is 0 Å². The fourth-order valence-corrected chi connectivity index (χ4v) is 9.39. The zero-order chi connectivity index (χ0) is 41.7. The highest BCUT2D eigenvalue weighted by Crippen LogP contribution is 2.47. The van der Waals surface area contributed by atoms with Gasteiger partial charge in [0.25, 0.3) is 5.91 Å². The Hall–Kier alpha value is -4.68. The molecular formula is C38H49F3N6O9S. The van der Waals surface area contributed by atoms with Crippen molar-refractivity contribution in [2.75, 3.05) is 13.2 Å². The summed E-state index contributed by atoms with van der Waals surface area (Å²) < 4.78 is 83.8. The standard InChI is InChI=1S/C38H49F3N6O9S/c1-6-55-31-26-13-9-10-14-27(26)32(44-43-31)56-24-18-28-30(48)42-37(34(50)45-57(53,54)25-15-16-25)19-23(37)12-8-7-11-21(2)17-22(3)29(33(49)46(28)20-24)47(35(51)52)36(4,5)38(39,40)41/h8-10,12-14,21-25,28-29H,6-7,11,15-20H2,1-5H3,(H,42,48)(H,45,50)(H,51,52)/b12-8-/t21-,22-,23-,24-,28+,29+,37-/m1/s1. The van der Waals surface area contributed by atoms with Gasteiger partial charge in [0.1, 0.15) is 29.3 Å². The van der Waals surface area contributed by atoms with Crippen LogP contribution < -0.4 is 19.5 Å². The third-order valence-electron chi connectivity index (χ3n) is 11.5. The summed E-state index contributed by atoms with van der Waals surface area (Å²) in [5.41, 5.74) is -4.74. The molecule has 3 heterocycles. The molecule has 0 spiro atoms. The normalized spacial score (nSPS) is 29.2. The lowest BCUT2D eigenvalue weighted by Crippen LogP contribution is -2.66. The lowest BCUT2D eigenvalue weighted by Gasteiger charge is -2.45. The molecule has 15 nitrogen and oxygen atoms in total. The Morgan fingerprint density at radius 2 is 1.72 bits per heavy atom. The third kappa shape index (κ3) is 8.34. The van der Waals surface area contributed by atoms with E-state index in [1.807, 2.05) is 6.92 Å². The summed E-state index contributed by atoms with van der Waals surface area (Å²) in [5.74, 6) is -4.37. The van der Waals surface area contributed by atoms with Crippen LogP contribution in [0.3, 0.4) is 0 Å². The maximum Gasteiger partial charge on any atom is 0.411 e. The summed E-state index contributed by atoms with van der Waals surface area (Å²) in [5, 5.41) is 21.8. The Morgan fingerprint density at radius 1 is 1.07 bits per heavy atom. The summed E-state index contributed by atoms with van der Waals surface area (Å²) in [7, 11) is -4.02. The van der Waals surface area contributed by atoms with E-state index in [-0.39, 0.29) is 48.4 Å². The van der Waals surface area contributed by atoms with Gasteiger partial charge in [-0.05, 0) is 83.3 Å². The van der Waals surface area contributed by atoms with E-state index >= 15 is 0 Å². The van der Waals surface area contributed by atoms with E-state index in [2.05, 4.69) is 20.2 Å². The van der Waals surface area contributed by atoms with Crippen LogP contribution in [0.15, 0.2) is 36.4 Å². The van der Waals surface area contributed by atoms with Gasteiger partial charge in [-0.15, -0.1) is 10.2 Å². The molecule has 312 valence electrons. The molecule has 1 saturated heterocycles. The monoisotopic (exact) mass is 822 g/mol. The molecule has 19 heteroatoms. The molecule has 6 rings (SSSR count). The molecule has 57 heavy (non-hydrogen) atoms. The quantitative estimate of drug-likeness (QED) is 0.300. The van der Waals surface area contributed by atoms with Gasteiger partial charge < -0.3 is 24.8 Å². The number of halogens is 3. The number of carbonyl (C=O) groups is 4. The lowest BCUT2D eigenvalue weighted by molar-refractivity contribution is -0.222. The largest absolute Gasteiger partial charge is 0.476 e. The van der Waals surface area contributed by atoms with Crippen LogP contribution in [0.2, 0.25) is 0 Å². The number of nitrogens with zero attached hydrogens (tertiary/aromatic N) is 4. The second-order valence-corrected chi connectivity index (χ2v) is 18.2. The van der Waals surface area contributed by atoms with E-state index in [9.17, 15) is 45.9 Å². The van der Waals surface area contributed by atoms with E-state index in [0.29, 0.717) is 56.9 Å². The Bertz CT molecular complexity index is 2040. The summed E-state index contributed by atoms with van der Waals surface area (Å²) in [6, 6.07) is 3.54. The number of carboxylic acid groups (broad SMARTS) is 1. The third-order valence-corrected chi connectivity index (χ3v) is 13.4. The predicted octanol–water partition coefficient (Wildman–Crippen LogP) is 4.56. The molecule has 2 saturated carbocycles. The number of hydrogen-bond donors (Lipinski definition) is 3. The number of aromatic nitrogens is 2. The second-order valence-electron chi connectivity index (χ2n) is 16.2. The maximum atomic E-state index is 15.0. The zero-order valence-corrected chi connectivity index (χ0v) is 33.2. The number of alkyl halides is 3. The van der Waals surface area contributed by atoms with Gasteiger partial charge in [0.2, 0.25) is 33.6 Å². The van der Waals surface area contributed by atoms with E-state index in [4.69, 9.17) is 9.47 Å². The van der Waals surface area contributed by atoms with Gasteiger partial charge in [0, 0.05) is 12.3 Å². The molecular weight excluding hydrogens is 774 g/mol. The van der Waals surface area contributed by atoms with Gasteiger partial charge >= 0.3 is 12.3 Å². The zero-order valence-electron chi connectivity index (χ0n) is 32.4. The van der Waals surface area contributed by atoms with Crippen LogP contribution in [0.5, 0.6) is 11.8 Å². The van der Waals surface area contributed by atoms with Crippen molar-refractivity contribution in [1.29, 1.82) is 0 Å². The first-order valence-corrected chi connectivity index (χ1v) is 20.8. The van der Waals surface area contributed by atoms with Gasteiger partial charge in [0.05, 0.1) is 29.2 Å². The van der Waals surface area contributed by atoms with E-state index in [1.165, 1.54) is 6.92 Å². The SMILES string of the molecule is CCOc1nnc(O[C@@H]2C[C@H]3C(=O)N[C@]4(C(=O)NS(=O)(=O)C5CC5)C[C@H]4/C=C\CC[C@@H](C)C[C@@H](C)[C@H](N(C(=O)O)C(C)(C)C(F)(F)F)C(=O)N3C2)c2ccccc12. The summed E-state index contributed by atoms with van der Waals surface area (Å²) in [6.07, 6.45) is -2.85. The first-order valence-electron chi connectivity index (χ1n) is 19.2. The van der Waals surface area contributed by atoms with Gasteiger partial charge in [0.15, 0.2) is 0 Å². The minimum Gasteiger partial charge on any atom is -0.476 e. The molecule has 7 atom stereocenters. The van der Waals surface area contributed by atoms with Crippen molar-refractivity contribution in [3.8, 4) is 11.8 Å². The summed E-state index contributed by atoms with van der Waals surface area (Å²) in [6.45, 7) is 6.44. The van der Waals surface area contributed by atoms with Crippen molar-refractivity contribution in [1.82, 2.24) is 30.0 Å². The van der Waals surface area contributed by atoms with Gasteiger partial charge in [-0.1, -0.05) is 38.1 Å². The number of hydrogen-bond acceptors (Lipinski definition) is 10. The van der Waals surface area contributed by atoms with Crippen molar-refractivity contribution in [3.63, 3.8) is 0 Å². The lowest BCUT2D eigenvalue weighted by atomic mass is 9.85. The molecule has 3 fully saturated rings. The molecule has 2 aromatic rings. The number of amides is 4. The van der Waals surface area contributed by atoms with Gasteiger partial charge in [-0.3, -0.25) is 24.0 Å². The number of allylic oxidation sites excluding steroid dienone is 1. The summed E-state index contributed by atoms with van der Waals surface area (Å²) >= 11 is 0. The van der Waals surface area contributed by atoms with Crippen LogP contribution in [-0.2, 0) is 24.4 Å². The summed E-state index contributed by atoms with van der Waals surface area (Å²) in [4.78, 5) is 57.3. The van der Waals surface area contributed by atoms with E-state index in [0.717, 1.165) is 4.90 Å². The topological polar surface area (TPSA) is 197 Å². The molecule has 0 bridgehead atoms. The average Bonchev–Trinajstić information content (AvgIpc) is 4.05. The maximum absolute atomic E-state index is 15.0. The Kier molecular flexibility index (Phi) is 11.5. The fourth-order valence-electron chi connectivity index (χ4n) is 8.03. The van der Waals surface area contributed by atoms with Gasteiger partial charge in [-0.25, -0.2) is 13.2 Å². The Balaban J connectivity index is 1.42. The number of fused-ring (bicyclic) bond motifs is 3. The highest BCUT2D eigenvalue weighted by molar-refractivity contribution is 7.91. The molecule has 4 amide bonds. The van der Waals surface area contributed by atoms with Crippen LogP contribution in [0.25, 0.3) is 10.8 Å². The minimum absolute atomic E-state index is 0.0206. The van der Waals surface area contributed by atoms with E-state index < -0.39 is 86.4 Å². The fraction of sp³-hybridized carbons (Fsp3) is 0.632. The van der Waals surface area contributed by atoms with Gasteiger partial charge in [-0.2, -0.15) is 13.2 Å². The molecule has 0 radical (unpaired) electrons. The van der Waals surface area contributed by atoms with Crippen molar-refractivity contribution in [2.24, 2.45) is 17.8 Å². The molecule has 2 aliphatic carbocycles. The van der Waals surface area contributed by atoms with Crippen LogP contribution in [0.4, 0.5) is 18.0 Å². The van der Waals surface area contributed by atoms with Crippen LogP contribution in [-0.4, -0.2) is 111 Å². The average molecular weight is 823 g/mol. The minimum atomic E-state index is -5.10. The number of carbonyl (C=O) groups excluding carboxylic acids is 3. The number of nitrogens with one attached hydrogen (secondary N) is 2. The molecule has 1 aromatic heterocycles. The molecule has 3 N–H and O–H groups in total. The molecule has 0 unspecified atom stereocenters. The highest BCUT2D eigenvalue weighted by Gasteiger charge is 2.63. The number of rotatable bonds is 9. The predicted molar refractivity (Wildman–Crippen MR) is 199 cm³/mol. The Morgan fingerprint density at radius 3 is 2.33 bits per heavy atom. The first kappa shape index (κ1) is 41.9. The van der Waals surface area contributed by atoms with Crippen molar-refractivity contribution >= 4 is 44.6 Å².